The molecule has 5 nitrogen and oxygen atoms in total. The summed E-state index contributed by atoms with van der Waals surface area (Å²) in [7, 11) is 8.50. The Morgan fingerprint density at radius 3 is 1.66 bits per heavy atom. The zero-order valence-electron chi connectivity index (χ0n) is 19.8. The summed E-state index contributed by atoms with van der Waals surface area (Å²) in [5, 5.41) is 0. The number of hydrogen-bond acceptors (Lipinski definition) is 5. The van der Waals surface area contributed by atoms with E-state index in [4.69, 9.17) is 0 Å². The molecular weight excluding hydrogens is 394 g/mol. The third-order valence-electron chi connectivity index (χ3n) is 6.28. The summed E-state index contributed by atoms with van der Waals surface area (Å²) in [6.45, 7) is 4.02. The van der Waals surface area contributed by atoms with E-state index in [0.717, 1.165) is 32.6 Å². The van der Waals surface area contributed by atoms with E-state index in [0.29, 0.717) is 0 Å². The van der Waals surface area contributed by atoms with Crippen molar-refractivity contribution in [1.82, 2.24) is 14.8 Å². The van der Waals surface area contributed by atoms with Gasteiger partial charge in [-0.25, -0.2) is 0 Å². The average molecular weight is 430 g/mol. The van der Waals surface area contributed by atoms with Crippen LogP contribution in [0.25, 0.3) is 0 Å². The summed E-state index contributed by atoms with van der Waals surface area (Å²) in [4.78, 5) is 14.0. The monoisotopic (exact) mass is 429 g/mol. The van der Waals surface area contributed by atoms with Crippen LogP contribution in [0.15, 0.2) is 73.1 Å². The van der Waals surface area contributed by atoms with Crippen molar-refractivity contribution in [1.29, 1.82) is 0 Å². The summed E-state index contributed by atoms with van der Waals surface area (Å²) < 4.78 is 0. The highest BCUT2D eigenvalue weighted by Crippen LogP contribution is 2.34. The van der Waals surface area contributed by atoms with E-state index in [9.17, 15) is 0 Å². The van der Waals surface area contributed by atoms with E-state index in [-0.39, 0.29) is 6.17 Å². The number of hydrogen-bond donors (Lipinski definition) is 0. The summed E-state index contributed by atoms with van der Waals surface area (Å²) in [5.74, 6) is 0. The molecule has 1 aliphatic heterocycles. The molecule has 0 amide bonds. The van der Waals surface area contributed by atoms with Crippen LogP contribution >= 0.6 is 0 Å². The van der Waals surface area contributed by atoms with Crippen LogP contribution in [0.2, 0.25) is 0 Å². The summed E-state index contributed by atoms with van der Waals surface area (Å²) in [5.41, 5.74) is 6.62. The van der Waals surface area contributed by atoms with Crippen LogP contribution in [0.3, 0.4) is 0 Å². The number of benzene rings is 2. The molecular formula is C27H35N5. The zero-order valence-corrected chi connectivity index (χ0v) is 19.8. The third-order valence-corrected chi connectivity index (χ3v) is 6.28. The number of pyridine rings is 1. The molecule has 0 N–H and O–H groups in total. The lowest BCUT2D eigenvalue weighted by molar-refractivity contribution is -0.00896. The molecule has 2 heterocycles. The van der Waals surface area contributed by atoms with Gasteiger partial charge in [-0.05, 0) is 47.4 Å². The lowest BCUT2D eigenvalue weighted by Gasteiger charge is -2.45. The van der Waals surface area contributed by atoms with Crippen LogP contribution in [-0.2, 0) is 13.1 Å². The van der Waals surface area contributed by atoms with Gasteiger partial charge in [0.25, 0.3) is 0 Å². The van der Waals surface area contributed by atoms with Crippen molar-refractivity contribution in [2.75, 3.05) is 51.1 Å². The summed E-state index contributed by atoms with van der Waals surface area (Å²) >= 11 is 0. The van der Waals surface area contributed by atoms with Crippen molar-refractivity contribution in [3.8, 4) is 0 Å². The minimum atomic E-state index is 0.220. The lowest BCUT2D eigenvalue weighted by Crippen LogP contribution is -2.47. The molecule has 0 radical (unpaired) electrons. The van der Waals surface area contributed by atoms with Gasteiger partial charge in [0.05, 0.1) is 6.17 Å². The molecule has 5 heteroatoms. The van der Waals surface area contributed by atoms with Crippen LogP contribution in [0.1, 0.15) is 29.3 Å². The fraction of sp³-hybridized carbons (Fsp3) is 0.370. The van der Waals surface area contributed by atoms with Crippen LogP contribution in [0.4, 0.5) is 11.4 Å². The predicted molar refractivity (Wildman–Crippen MR) is 134 cm³/mol. The first-order chi connectivity index (χ1) is 15.5. The van der Waals surface area contributed by atoms with Crippen molar-refractivity contribution < 1.29 is 0 Å². The predicted octanol–water partition coefficient (Wildman–Crippen LogP) is 4.62. The van der Waals surface area contributed by atoms with Gasteiger partial charge in [0, 0.05) is 78.1 Å². The Kier molecular flexibility index (Phi) is 7.08. The molecule has 1 aliphatic rings. The topological polar surface area (TPSA) is 25.9 Å². The lowest BCUT2D eigenvalue weighted by atomic mass is 10.0. The van der Waals surface area contributed by atoms with Crippen molar-refractivity contribution in [2.24, 2.45) is 0 Å². The quantitative estimate of drug-likeness (QED) is 0.546. The van der Waals surface area contributed by atoms with E-state index in [1.807, 2.05) is 12.4 Å². The van der Waals surface area contributed by atoms with Gasteiger partial charge >= 0.3 is 0 Å². The molecule has 4 rings (SSSR count). The van der Waals surface area contributed by atoms with E-state index < -0.39 is 0 Å². The van der Waals surface area contributed by atoms with Gasteiger partial charge in [0.15, 0.2) is 0 Å². The Morgan fingerprint density at radius 2 is 1.19 bits per heavy atom. The van der Waals surface area contributed by atoms with Crippen molar-refractivity contribution in [2.45, 2.75) is 25.7 Å². The maximum Gasteiger partial charge on any atom is 0.0893 e. The number of para-hydroxylation sites is 2. The molecule has 1 aromatic heterocycles. The highest BCUT2D eigenvalue weighted by atomic mass is 15.4. The first-order valence-electron chi connectivity index (χ1n) is 11.4. The maximum atomic E-state index is 4.28. The van der Waals surface area contributed by atoms with Crippen LogP contribution in [0.5, 0.6) is 0 Å². The average Bonchev–Trinajstić information content (AvgIpc) is 2.80. The molecule has 0 spiro atoms. The summed E-state index contributed by atoms with van der Waals surface area (Å²) in [6.07, 6.45) is 5.22. The first kappa shape index (κ1) is 22.3. The number of aromatic nitrogens is 1. The van der Waals surface area contributed by atoms with Crippen molar-refractivity contribution in [3.05, 3.63) is 89.7 Å². The molecule has 32 heavy (non-hydrogen) atoms. The van der Waals surface area contributed by atoms with Gasteiger partial charge in [0.1, 0.15) is 0 Å². The SMILES string of the molecule is CN(C)c1ccccc1CN1CCCN(Cc2ccccc2N(C)C)C1c1ccncc1. The zero-order chi connectivity index (χ0) is 22.5. The van der Waals surface area contributed by atoms with Gasteiger partial charge in [0.2, 0.25) is 0 Å². The first-order valence-corrected chi connectivity index (χ1v) is 11.4. The van der Waals surface area contributed by atoms with Gasteiger partial charge in [-0.15, -0.1) is 0 Å². The van der Waals surface area contributed by atoms with E-state index in [1.165, 1.54) is 28.1 Å². The van der Waals surface area contributed by atoms with E-state index in [1.54, 1.807) is 0 Å². The Hall–Kier alpha value is -2.89. The molecule has 2 aromatic carbocycles. The molecule has 0 saturated carbocycles. The fourth-order valence-electron chi connectivity index (χ4n) is 4.84. The minimum Gasteiger partial charge on any atom is -0.377 e. The number of rotatable bonds is 7. The van der Waals surface area contributed by atoms with Crippen LogP contribution in [0, 0.1) is 0 Å². The van der Waals surface area contributed by atoms with E-state index >= 15 is 0 Å². The normalized spacial score (nSPS) is 15.6. The second-order valence-electron chi connectivity index (χ2n) is 9.00. The molecule has 1 saturated heterocycles. The Morgan fingerprint density at radius 1 is 0.719 bits per heavy atom. The number of anilines is 2. The molecule has 1 fully saturated rings. The summed E-state index contributed by atoms with van der Waals surface area (Å²) in [6, 6.07) is 21.9. The minimum absolute atomic E-state index is 0.220. The van der Waals surface area contributed by atoms with Gasteiger partial charge in [-0.1, -0.05) is 36.4 Å². The molecule has 0 aliphatic carbocycles. The molecule has 3 aromatic rings. The Balaban J connectivity index is 1.67. The molecule has 168 valence electrons. The van der Waals surface area contributed by atoms with Crippen LogP contribution in [-0.4, -0.2) is 56.1 Å². The van der Waals surface area contributed by atoms with E-state index in [2.05, 4.69) is 113 Å². The van der Waals surface area contributed by atoms with Gasteiger partial charge < -0.3 is 9.80 Å². The standard InChI is InChI=1S/C27H35N5/c1-29(2)25-12-7-5-10-23(25)20-31-18-9-19-32(27(31)22-14-16-28-17-15-22)21-24-11-6-8-13-26(24)30(3)4/h5-8,10-17,27H,9,18-21H2,1-4H3. The highest BCUT2D eigenvalue weighted by molar-refractivity contribution is 5.53. The van der Waals surface area contributed by atoms with Gasteiger partial charge in [-0.3, -0.25) is 14.8 Å². The van der Waals surface area contributed by atoms with Crippen molar-refractivity contribution >= 4 is 11.4 Å². The van der Waals surface area contributed by atoms with Gasteiger partial charge in [-0.2, -0.15) is 0 Å². The highest BCUT2D eigenvalue weighted by Gasteiger charge is 2.31. The Bertz CT molecular complexity index is 940. The number of nitrogens with zero attached hydrogens (tertiary/aromatic N) is 5. The molecule has 0 unspecified atom stereocenters. The second kappa shape index (κ2) is 10.2. The largest absolute Gasteiger partial charge is 0.377 e. The van der Waals surface area contributed by atoms with Crippen LogP contribution < -0.4 is 9.80 Å². The smallest absolute Gasteiger partial charge is 0.0893 e. The van der Waals surface area contributed by atoms with Crippen molar-refractivity contribution in [3.63, 3.8) is 0 Å². The molecule has 0 atom stereocenters. The second-order valence-corrected chi connectivity index (χ2v) is 9.00. The third kappa shape index (κ3) is 4.95. The maximum absolute atomic E-state index is 4.28. The Labute approximate surface area is 192 Å². The fourth-order valence-corrected chi connectivity index (χ4v) is 4.84. The molecule has 0 bridgehead atoms.